The fourth-order valence-electron chi connectivity index (χ4n) is 1.40. The summed E-state index contributed by atoms with van der Waals surface area (Å²) in [6, 6.07) is 6.36. The third kappa shape index (κ3) is 2.70. The summed E-state index contributed by atoms with van der Waals surface area (Å²) in [4.78, 5) is 15.2. The number of hydrogen-bond acceptors (Lipinski definition) is 4. The van der Waals surface area contributed by atoms with E-state index in [1.165, 1.54) is 24.3 Å². The van der Waals surface area contributed by atoms with Crippen LogP contribution in [0, 0.1) is 0 Å². The quantitative estimate of drug-likeness (QED) is 0.796. The first-order valence-electron chi connectivity index (χ1n) is 5.08. The molecule has 0 radical (unpaired) electrons. The van der Waals surface area contributed by atoms with Crippen LogP contribution in [-0.2, 0) is 0 Å². The summed E-state index contributed by atoms with van der Waals surface area (Å²) < 4.78 is 28.9. The predicted octanol–water partition coefficient (Wildman–Crippen LogP) is 3.61. The fourth-order valence-corrected chi connectivity index (χ4v) is 2.29. The van der Waals surface area contributed by atoms with E-state index in [9.17, 15) is 13.6 Å². The van der Waals surface area contributed by atoms with E-state index >= 15 is 0 Å². The van der Waals surface area contributed by atoms with Crippen LogP contribution in [0.4, 0.5) is 8.78 Å². The van der Waals surface area contributed by atoms with Crippen molar-refractivity contribution < 1.29 is 18.3 Å². The Kier molecular flexibility index (Phi) is 3.66. The summed E-state index contributed by atoms with van der Waals surface area (Å²) in [5.41, 5.74) is 0.775. The van der Waals surface area contributed by atoms with E-state index in [0.717, 1.165) is 0 Å². The zero-order valence-corrected chi connectivity index (χ0v) is 10.2. The number of Topliss-reactive ketones (excluding diaryl/α,β-unsaturated/α-hetero) is 1. The summed E-state index contributed by atoms with van der Waals surface area (Å²) in [5, 5.41) is 2.08. The number of nitrogens with zero attached hydrogens (tertiary/aromatic N) is 1. The molecule has 0 atom stereocenters. The fraction of sp³-hybridized carbons (Fsp3) is 0.167. The number of rotatable bonds is 4. The van der Waals surface area contributed by atoms with Gasteiger partial charge in [0, 0.05) is 12.3 Å². The molecule has 0 aliphatic carbocycles. The van der Waals surface area contributed by atoms with Crippen LogP contribution in [0.1, 0.15) is 17.4 Å². The number of carbonyl (C=O) groups is 1. The average molecular weight is 269 g/mol. The van der Waals surface area contributed by atoms with Gasteiger partial charge in [0.1, 0.15) is 16.5 Å². The molecule has 2 rings (SSSR count). The molecular weight excluding hydrogens is 260 g/mol. The Labute approximate surface area is 106 Å². The molecule has 0 aliphatic rings. The van der Waals surface area contributed by atoms with Crippen LogP contribution in [0.3, 0.4) is 0 Å². The lowest BCUT2D eigenvalue weighted by atomic mass is 10.2. The molecule has 0 amide bonds. The van der Waals surface area contributed by atoms with Gasteiger partial charge < -0.3 is 4.74 Å². The number of aromatic nitrogens is 1. The van der Waals surface area contributed by atoms with Crippen LogP contribution in [-0.4, -0.2) is 17.4 Å². The second-order valence-corrected chi connectivity index (χ2v) is 4.33. The average Bonchev–Trinajstić information content (AvgIpc) is 2.78. The van der Waals surface area contributed by atoms with Crippen molar-refractivity contribution in [2.75, 3.05) is 0 Å². The Morgan fingerprint density at radius 3 is 2.72 bits per heavy atom. The van der Waals surface area contributed by atoms with E-state index in [1.807, 2.05) is 0 Å². The summed E-state index contributed by atoms with van der Waals surface area (Å²) in [7, 11) is 0. The minimum absolute atomic E-state index is 0.0527. The highest BCUT2D eigenvalue weighted by Crippen LogP contribution is 2.33. The highest BCUT2D eigenvalue weighted by molar-refractivity contribution is 7.13. The largest absolute Gasteiger partial charge is 0.434 e. The van der Waals surface area contributed by atoms with Gasteiger partial charge in [-0.3, -0.25) is 4.79 Å². The molecule has 0 saturated carbocycles. The van der Waals surface area contributed by atoms with Gasteiger partial charge in [-0.2, -0.15) is 8.78 Å². The molecule has 0 unspecified atom stereocenters. The van der Waals surface area contributed by atoms with Crippen molar-refractivity contribution in [1.82, 2.24) is 4.98 Å². The van der Waals surface area contributed by atoms with E-state index < -0.39 is 6.61 Å². The van der Waals surface area contributed by atoms with Crippen LogP contribution < -0.4 is 4.74 Å². The van der Waals surface area contributed by atoms with Crippen molar-refractivity contribution in [3.63, 3.8) is 0 Å². The molecule has 6 heteroatoms. The van der Waals surface area contributed by atoms with Crippen molar-refractivity contribution in [3.8, 4) is 16.3 Å². The first kappa shape index (κ1) is 12.6. The van der Waals surface area contributed by atoms with Crippen molar-refractivity contribution in [3.05, 3.63) is 35.3 Å². The standard InChI is InChI=1S/C12H9F2NO2S/c1-7(16)9-6-18-11(15-9)8-4-2-3-5-10(8)17-12(13)14/h2-6,12H,1H3. The topological polar surface area (TPSA) is 39.2 Å². The SMILES string of the molecule is CC(=O)c1csc(-c2ccccc2OC(F)F)n1. The van der Waals surface area contributed by atoms with E-state index in [4.69, 9.17) is 0 Å². The molecule has 1 heterocycles. The minimum Gasteiger partial charge on any atom is -0.434 e. The van der Waals surface area contributed by atoms with Crippen LogP contribution in [0.2, 0.25) is 0 Å². The number of para-hydroxylation sites is 1. The molecule has 0 N–H and O–H groups in total. The lowest BCUT2D eigenvalue weighted by Gasteiger charge is -2.07. The second-order valence-electron chi connectivity index (χ2n) is 3.47. The van der Waals surface area contributed by atoms with Crippen molar-refractivity contribution in [2.24, 2.45) is 0 Å². The molecule has 2 aromatic rings. The number of ether oxygens (including phenoxy) is 1. The molecule has 1 aromatic carbocycles. The number of thiazole rings is 1. The number of benzene rings is 1. The van der Waals surface area contributed by atoms with Crippen molar-refractivity contribution in [2.45, 2.75) is 13.5 Å². The van der Waals surface area contributed by atoms with Gasteiger partial charge in [0.15, 0.2) is 5.78 Å². The number of hydrogen-bond donors (Lipinski definition) is 0. The highest BCUT2D eigenvalue weighted by Gasteiger charge is 2.14. The molecule has 0 saturated heterocycles. The zero-order valence-electron chi connectivity index (χ0n) is 9.39. The van der Waals surface area contributed by atoms with Crippen LogP contribution in [0.5, 0.6) is 5.75 Å². The lowest BCUT2D eigenvalue weighted by molar-refractivity contribution is -0.0494. The maximum absolute atomic E-state index is 12.3. The maximum Gasteiger partial charge on any atom is 0.387 e. The van der Waals surface area contributed by atoms with Crippen molar-refractivity contribution in [1.29, 1.82) is 0 Å². The first-order valence-corrected chi connectivity index (χ1v) is 5.96. The minimum atomic E-state index is -2.89. The molecule has 1 aromatic heterocycles. The van der Waals surface area contributed by atoms with Gasteiger partial charge in [-0.1, -0.05) is 12.1 Å². The highest BCUT2D eigenvalue weighted by atomic mass is 32.1. The van der Waals surface area contributed by atoms with Gasteiger partial charge in [-0.25, -0.2) is 4.98 Å². The van der Waals surface area contributed by atoms with Gasteiger partial charge in [-0.15, -0.1) is 11.3 Å². The third-order valence-electron chi connectivity index (χ3n) is 2.20. The van der Waals surface area contributed by atoms with Gasteiger partial charge in [-0.05, 0) is 12.1 Å². The number of halogens is 2. The molecule has 0 spiro atoms. The van der Waals surface area contributed by atoms with E-state index in [2.05, 4.69) is 9.72 Å². The predicted molar refractivity (Wildman–Crippen MR) is 64.2 cm³/mol. The van der Waals surface area contributed by atoms with Gasteiger partial charge in [0.05, 0.1) is 5.56 Å². The Morgan fingerprint density at radius 2 is 2.11 bits per heavy atom. The molecule has 0 bridgehead atoms. The van der Waals surface area contributed by atoms with Crippen LogP contribution >= 0.6 is 11.3 Å². The first-order chi connectivity index (χ1) is 8.58. The van der Waals surface area contributed by atoms with E-state index in [0.29, 0.717) is 16.3 Å². The molecule has 18 heavy (non-hydrogen) atoms. The molecular formula is C12H9F2NO2S. The molecule has 94 valence electrons. The molecule has 0 fully saturated rings. The Morgan fingerprint density at radius 1 is 1.39 bits per heavy atom. The number of alkyl halides is 2. The Hall–Kier alpha value is -1.82. The summed E-state index contributed by atoms with van der Waals surface area (Å²) in [6.45, 7) is -1.49. The van der Waals surface area contributed by atoms with E-state index in [-0.39, 0.29) is 11.5 Å². The van der Waals surface area contributed by atoms with Gasteiger partial charge in [0.2, 0.25) is 0 Å². The van der Waals surface area contributed by atoms with Gasteiger partial charge in [0.25, 0.3) is 0 Å². The van der Waals surface area contributed by atoms with E-state index in [1.54, 1.807) is 23.6 Å². The molecule has 3 nitrogen and oxygen atoms in total. The monoisotopic (exact) mass is 269 g/mol. The lowest BCUT2D eigenvalue weighted by Crippen LogP contribution is -2.03. The van der Waals surface area contributed by atoms with Gasteiger partial charge >= 0.3 is 6.61 Å². The Bertz CT molecular complexity index is 569. The number of ketones is 1. The van der Waals surface area contributed by atoms with Crippen LogP contribution in [0.25, 0.3) is 10.6 Å². The second kappa shape index (κ2) is 5.22. The summed E-state index contributed by atoms with van der Waals surface area (Å²) >= 11 is 1.22. The maximum atomic E-state index is 12.3. The third-order valence-corrected chi connectivity index (χ3v) is 3.07. The summed E-state index contributed by atoms with van der Waals surface area (Å²) in [6.07, 6.45) is 0. The van der Waals surface area contributed by atoms with Crippen LogP contribution in [0.15, 0.2) is 29.6 Å². The smallest absolute Gasteiger partial charge is 0.387 e. The Balaban J connectivity index is 2.39. The zero-order chi connectivity index (χ0) is 13.1. The molecule has 0 aliphatic heterocycles. The number of carbonyl (C=O) groups excluding carboxylic acids is 1. The van der Waals surface area contributed by atoms with Crippen molar-refractivity contribution >= 4 is 17.1 Å². The normalized spacial score (nSPS) is 10.7. The summed E-state index contributed by atoms with van der Waals surface area (Å²) in [5.74, 6) is -0.110.